The topological polar surface area (TPSA) is 58.6 Å². The van der Waals surface area contributed by atoms with Crippen molar-refractivity contribution in [1.82, 2.24) is 4.90 Å². The Labute approximate surface area is 163 Å². The van der Waals surface area contributed by atoms with Gasteiger partial charge in [-0.1, -0.05) is 37.6 Å². The molecular formula is C22H23FN2O3. The maximum absolute atomic E-state index is 14.5. The summed E-state index contributed by atoms with van der Waals surface area (Å²) in [5.41, 5.74) is 0.858. The number of likely N-dealkylation sites (tertiary alicyclic amines) is 1. The second kappa shape index (κ2) is 6.93. The lowest BCUT2D eigenvalue weighted by molar-refractivity contribution is -0.121. The van der Waals surface area contributed by atoms with Gasteiger partial charge in [0.15, 0.2) is 0 Å². The first-order valence-corrected chi connectivity index (χ1v) is 9.59. The molecule has 0 aliphatic carbocycles. The third kappa shape index (κ3) is 2.51. The number of benzene rings is 2. The number of rotatable bonds is 4. The number of nitrogens with zero attached hydrogens (tertiary/aromatic N) is 1. The van der Waals surface area contributed by atoms with E-state index in [1.54, 1.807) is 11.0 Å². The van der Waals surface area contributed by atoms with Crippen molar-refractivity contribution < 1.29 is 18.7 Å². The first kappa shape index (κ1) is 18.5. The van der Waals surface area contributed by atoms with Crippen LogP contribution in [0.4, 0.5) is 10.1 Å². The van der Waals surface area contributed by atoms with Crippen LogP contribution < -0.4 is 10.1 Å². The van der Waals surface area contributed by atoms with Crippen LogP contribution in [0.25, 0.3) is 0 Å². The van der Waals surface area contributed by atoms with Gasteiger partial charge < -0.3 is 15.0 Å². The average molecular weight is 382 g/mol. The van der Waals surface area contributed by atoms with Gasteiger partial charge in [-0.3, -0.25) is 9.59 Å². The van der Waals surface area contributed by atoms with Crippen molar-refractivity contribution >= 4 is 17.5 Å². The fourth-order valence-corrected chi connectivity index (χ4v) is 4.75. The van der Waals surface area contributed by atoms with Crippen LogP contribution in [0, 0.1) is 5.82 Å². The van der Waals surface area contributed by atoms with Crippen molar-refractivity contribution in [1.29, 1.82) is 0 Å². The van der Waals surface area contributed by atoms with E-state index < -0.39 is 17.1 Å². The number of amides is 2. The largest absolute Gasteiger partial charge is 0.496 e. The maximum atomic E-state index is 14.5. The molecule has 2 amide bonds. The van der Waals surface area contributed by atoms with Crippen LogP contribution in [0.3, 0.4) is 0 Å². The minimum Gasteiger partial charge on any atom is -0.496 e. The minimum atomic E-state index is -0.791. The molecule has 1 fully saturated rings. The Morgan fingerprint density at radius 2 is 2.07 bits per heavy atom. The van der Waals surface area contributed by atoms with Gasteiger partial charge in [0.25, 0.3) is 5.91 Å². The third-order valence-electron chi connectivity index (χ3n) is 5.99. The Bertz CT molecular complexity index is 945. The summed E-state index contributed by atoms with van der Waals surface area (Å²) in [7, 11) is 1.42. The monoisotopic (exact) mass is 382 g/mol. The summed E-state index contributed by atoms with van der Waals surface area (Å²) in [6.07, 6.45) is 1.98. The molecule has 146 valence electrons. The van der Waals surface area contributed by atoms with Crippen LogP contribution >= 0.6 is 0 Å². The first-order valence-electron chi connectivity index (χ1n) is 9.59. The number of halogens is 1. The van der Waals surface area contributed by atoms with E-state index in [0.717, 1.165) is 17.7 Å². The summed E-state index contributed by atoms with van der Waals surface area (Å²) < 4.78 is 19.8. The summed E-state index contributed by atoms with van der Waals surface area (Å²) >= 11 is 0. The molecule has 4 rings (SSSR count). The van der Waals surface area contributed by atoms with Gasteiger partial charge in [0.05, 0.1) is 18.6 Å². The molecule has 0 aromatic heterocycles. The van der Waals surface area contributed by atoms with E-state index in [1.165, 1.54) is 19.2 Å². The van der Waals surface area contributed by atoms with Crippen LogP contribution in [0.2, 0.25) is 0 Å². The van der Waals surface area contributed by atoms with Crippen molar-refractivity contribution in [2.45, 2.75) is 37.6 Å². The molecule has 2 aromatic rings. The Balaban J connectivity index is 1.79. The van der Waals surface area contributed by atoms with E-state index in [4.69, 9.17) is 4.74 Å². The smallest absolute Gasteiger partial charge is 0.260 e. The number of nitrogens with one attached hydrogen (secondary N) is 1. The van der Waals surface area contributed by atoms with Crippen molar-refractivity contribution in [3.05, 3.63) is 59.4 Å². The predicted molar refractivity (Wildman–Crippen MR) is 104 cm³/mol. The van der Waals surface area contributed by atoms with Crippen LogP contribution in [0.15, 0.2) is 42.5 Å². The molecule has 0 saturated carbocycles. The third-order valence-corrected chi connectivity index (χ3v) is 5.99. The van der Waals surface area contributed by atoms with Crippen molar-refractivity contribution in [2.75, 3.05) is 19.0 Å². The van der Waals surface area contributed by atoms with Crippen LogP contribution in [-0.4, -0.2) is 36.4 Å². The quantitative estimate of drug-likeness (QED) is 0.876. The molecular weight excluding hydrogens is 359 g/mol. The number of fused-ring (bicyclic) bond motifs is 2. The Kier molecular flexibility index (Phi) is 4.57. The SMILES string of the molecule is CCC[C@@H]1N(C(=O)c2c(F)cccc2OC)CC[C@@]12C(=O)Nc1ccccc12. The number of carbonyl (C=O) groups is 2. The number of ether oxygens (including phenoxy) is 1. The number of hydrogen-bond acceptors (Lipinski definition) is 3. The highest BCUT2D eigenvalue weighted by molar-refractivity contribution is 6.08. The van der Waals surface area contributed by atoms with E-state index >= 15 is 0 Å². The molecule has 1 N–H and O–H groups in total. The summed E-state index contributed by atoms with van der Waals surface area (Å²) in [6.45, 7) is 2.42. The number of para-hydroxylation sites is 1. The molecule has 1 saturated heterocycles. The van der Waals surface area contributed by atoms with Crippen LogP contribution in [0.1, 0.15) is 42.1 Å². The van der Waals surface area contributed by atoms with Gasteiger partial charge in [0.2, 0.25) is 5.91 Å². The normalized spacial score (nSPS) is 23.0. The Morgan fingerprint density at radius 1 is 1.29 bits per heavy atom. The Hall–Kier alpha value is -2.89. The van der Waals surface area contributed by atoms with Gasteiger partial charge in [-0.25, -0.2) is 4.39 Å². The van der Waals surface area contributed by atoms with E-state index in [0.29, 0.717) is 19.4 Å². The van der Waals surface area contributed by atoms with Gasteiger partial charge in [0.1, 0.15) is 17.1 Å². The molecule has 2 heterocycles. The van der Waals surface area contributed by atoms with Crippen molar-refractivity contribution in [3.8, 4) is 5.75 Å². The standard InChI is InChI=1S/C22H23FN2O3/c1-3-7-18-22(14-8-4-5-10-16(14)24-21(22)27)12-13-25(18)20(26)19-15(23)9-6-11-17(19)28-2/h4-6,8-11,18H,3,7,12-13H2,1-2H3,(H,24,27)/t18-,22-/m0/s1. The molecule has 2 atom stereocenters. The zero-order valence-electron chi connectivity index (χ0n) is 16.0. The average Bonchev–Trinajstić information content (AvgIpc) is 3.21. The van der Waals surface area contributed by atoms with Crippen LogP contribution in [-0.2, 0) is 10.2 Å². The lowest BCUT2D eigenvalue weighted by Crippen LogP contribution is -2.48. The van der Waals surface area contributed by atoms with E-state index in [9.17, 15) is 14.0 Å². The molecule has 0 unspecified atom stereocenters. The summed E-state index contributed by atoms with van der Waals surface area (Å²) in [5, 5.41) is 2.98. The molecule has 2 aromatic carbocycles. The van der Waals surface area contributed by atoms with Gasteiger partial charge in [0, 0.05) is 12.2 Å². The van der Waals surface area contributed by atoms with E-state index in [-0.39, 0.29) is 23.3 Å². The molecule has 0 radical (unpaired) electrons. The van der Waals surface area contributed by atoms with Crippen molar-refractivity contribution in [3.63, 3.8) is 0 Å². The predicted octanol–water partition coefficient (Wildman–Crippen LogP) is 3.74. The fourth-order valence-electron chi connectivity index (χ4n) is 4.75. The lowest BCUT2D eigenvalue weighted by atomic mass is 9.73. The number of carbonyl (C=O) groups excluding carboxylic acids is 2. The second-order valence-electron chi connectivity index (χ2n) is 7.34. The highest BCUT2D eigenvalue weighted by Gasteiger charge is 2.58. The van der Waals surface area contributed by atoms with Gasteiger partial charge in [-0.15, -0.1) is 0 Å². The minimum absolute atomic E-state index is 0.0742. The summed E-state index contributed by atoms with van der Waals surface area (Å²) in [4.78, 5) is 28.1. The molecule has 5 nitrogen and oxygen atoms in total. The number of anilines is 1. The molecule has 6 heteroatoms. The van der Waals surface area contributed by atoms with Crippen molar-refractivity contribution in [2.24, 2.45) is 0 Å². The molecule has 2 aliphatic rings. The Morgan fingerprint density at radius 3 is 2.82 bits per heavy atom. The van der Waals surface area contributed by atoms with E-state index in [1.807, 2.05) is 31.2 Å². The molecule has 28 heavy (non-hydrogen) atoms. The molecule has 1 spiro atoms. The van der Waals surface area contributed by atoms with Gasteiger partial charge >= 0.3 is 0 Å². The van der Waals surface area contributed by atoms with Gasteiger partial charge in [-0.2, -0.15) is 0 Å². The molecule has 0 bridgehead atoms. The lowest BCUT2D eigenvalue weighted by Gasteiger charge is -2.34. The maximum Gasteiger partial charge on any atom is 0.260 e. The van der Waals surface area contributed by atoms with Gasteiger partial charge in [-0.05, 0) is 36.6 Å². The first-order chi connectivity index (χ1) is 13.5. The number of methoxy groups -OCH3 is 1. The second-order valence-corrected chi connectivity index (χ2v) is 7.34. The number of hydrogen-bond donors (Lipinski definition) is 1. The zero-order chi connectivity index (χ0) is 19.9. The van der Waals surface area contributed by atoms with E-state index in [2.05, 4.69) is 5.32 Å². The highest BCUT2D eigenvalue weighted by Crippen LogP contribution is 2.49. The molecule has 2 aliphatic heterocycles. The fraction of sp³-hybridized carbons (Fsp3) is 0.364. The summed E-state index contributed by atoms with van der Waals surface area (Å²) in [5.74, 6) is -0.917. The summed E-state index contributed by atoms with van der Waals surface area (Å²) in [6, 6.07) is 11.6. The van der Waals surface area contributed by atoms with Crippen LogP contribution in [0.5, 0.6) is 5.75 Å². The highest BCUT2D eigenvalue weighted by atomic mass is 19.1. The zero-order valence-corrected chi connectivity index (χ0v) is 16.0.